The van der Waals surface area contributed by atoms with Gasteiger partial charge in [0.1, 0.15) is 5.69 Å². The number of amides is 2. The molecule has 2 heterocycles. The minimum Gasteiger partial charge on any atom is -0.366 e. The Labute approximate surface area is 138 Å². The average molecular weight is 349 g/mol. The SMILES string of the molecule is NC(=O)c1ccc2c(C(F)(F)F)n(NC(=O)c3ccccn3)nc2c1. The van der Waals surface area contributed by atoms with Crippen molar-refractivity contribution in [2.24, 2.45) is 5.73 Å². The van der Waals surface area contributed by atoms with Crippen molar-refractivity contribution in [1.82, 2.24) is 14.9 Å². The molecule has 25 heavy (non-hydrogen) atoms. The minimum atomic E-state index is -4.79. The molecule has 3 aromatic rings. The molecular weight excluding hydrogens is 339 g/mol. The summed E-state index contributed by atoms with van der Waals surface area (Å²) in [4.78, 5) is 27.3. The maximum Gasteiger partial charge on any atom is 0.435 e. The number of pyridine rings is 1. The van der Waals surface area contributed by atoms with Gasteiger partial charge in [-0.05, 0) is 30.3 Å². The molecule has 128 valence electrons. The summed E-state index contributed by atoms with van der Waals surface area (Å²) in [6, 6.07) is 7.78. The van der Waals surface area contributed by atoms with E-state index < -0.39 is 23.7 Å². The number of rotatable bonds is 3. The van der Waals surface area contributed by atoms with Crippen molar-refractivity contribution in [2.75, 3.05) is 5.43 Å². The van der Waals surface area contributed by atoms with E-state index in [1.807, 2.05) is 5.43 Å². The lowest BCUT2D eigenvalue weighted by molar-refractivity contribution is -0.142. The second-order valence-electron chi connectivity index (χ2n) is 5.01. The van der Waals surface area contributed by atoms with E-state index in [1.165, 1.54) is 18.3 Å². The van der Waals surface area contributed by atoms with Gasteiger partial charge in [-0.1, -0.05) is 6.07 Å². The van der Waals surface area contributed by atoms with Crippen LogP contribution in [0.2, 0.25) is 0 Å². The maximum atomic E-state index is 13.4. The predicted molar refractivity (Wildman–Crippen MR) is 81.2 cm³/mol. The van der Waals surface area contributed by atoms with Crippen LogP contribution in [0.1, 0.15) is 26.5 Å². The molecule has 10 heteroatoms. The summed E-state index contributed by atoms with van der Waals surface area (Å²) in [5.74, 6) is -1.67. The molecule has 0 saturated carbocycles. The Morgan fingerprint density at radius 2 is 1.92 bits per heavy atom. The first-order valence-electron chi connectivity index (χ1n) is 6.89. The van der Waals surface area contributed by atoms with Crippen molar-refractivity contribution in [1.29, 1.82) is 0 Å². The van der Waals surface area contributed by atoms with E-state index in [2.05, 4.69) is 10.1 Å². The summed E-state index contributed by atoms with van der Waals surface area (Å²) in [6.45, 7) is 0. The number of fused-ring (bicyclic) bond motifs is 1. The normalized spacial score (nSPS) is 11.5. The number of nitrogens with two attached hydrogens (primary N) is 1. The van der Waals surface area contributed by atoms with Crippen molar-refractivity contribution < 1.29 is 22.8 Å². The van der Waals surface area contributed by atoms with Gasteiger partial charge < -0.3 is 5.73 Å². The third-order valence-electron chi connectivity index (χ3n) is 3.33. The Morgan fingerprint density at radius 1 is 1.16 bits per heavy atom. The molecule has 1 aromatic carbocycles. The lowest BCUT2D eigenvalue weighted by Crippen LogP contribution is -2.29. The van der Waals surface area contributed by atoms with Crippen molar-refractivity contribution in [3.8, 4) is 0 Å². The van der Waals surface area contributed by atoms with E-state index in [1.54, 1.807) is 6.07 Å². The van der Waals surface area contributed by atoms with Crippen molar-refractivity contribution in [3.05, 3.63) is 59.5 Å². The van der Waals surface area contributed by atoms with Gasteiger partial charge in [0.25, 0.3) is 5.91 Å². The average Bonchev–Trinajstić information content (AvgIpc) is 2.92. The first-order chi connectivity index (χ1) is 11.8. The number of primary amides is 1. The summed E-state index contributed by atoms with van der Waals surface area (Å²) in [5, 5.41) is 3.44. The third-order valence-corrected chi connectivity index (χ3v) is 3.33. The van der Waals surface area contributed by atoms with Gasteiger partial charge in [-0.15, -0.1) is 0 Å². The summed E-state index contributed by atoms with van der Waals surface area (Å²) >= 11 is 0. The molecule has 0 atom stereocenters. The first kappa shape index (κ1) is 16.4. The van der Waals surface area contributed by atoms with Gasteiger partial charge in [0.05, 0.1) is 5.52 Å². The number of carbonyl (C=O) groups is 2. The van der Waals surface area contributed by atoms with E-state index in [-0.39, 0.29) is 22.2 Å². The third kappa shape index (κ3) is 3.13. The molecule has 2 amide bonds. The monoisotopic (exact) mass is 349 g/mol. The highest BCUT2D eigenvalue weighted by atomic mass is 19.4. The Hall–Kier alpha value is -3.43. The van der Waals surface area contributed by atoms with Gasteiger partial charge in [-0.3, -0.25) is 14.6 Å². The van der Waals surface area contributed by atoms with Crippen molar-refractivity contribution in [2.45, 2.75) is 6.18 Å². The number of hydrogen-bond donors (Lipinski definition) is 2. The molecule has 2 aromatic heterocycles. The fourth-order valence-corrected chi connectivity index (χ4v) is 2.24. The van der Waals surface area contributed by atoms with Crippen LogP contribution in [0.25, 0.3) is 10.9 Å². The standard InChI is InChI=1S/C15H10F3N5O2/c16-15(17,18)12-9-5-4-8(13(19)24)7-11(9)21-23(12)22-14(25)10-3-1-2-6-20-10/h1-7H,(H2,19,24)(H,22,25). The number of halogens is 3. The highest BCUT2D eigenvalue weighted by Crippen LogP contribution is 2.34. The molecular formula is C15H10F3N5O2. The highest BCUT2D eigenvalue weighted by Gasteiger charge is 2.38. The molecule has 0 aliphatic carbocycles. The second-order valence-corrected chi connectivity index (χ2v) is 5.01. The number of benzene rings is 1. The number of hydrogen-bond acceptors (Lipinski definition) is 4. The summed E-state index contributed by atoms with van der Waals surface area (Å²) in [5.41, 5.74) is 5.77. The van der Waals surface area contributed by atoms with Gasteiger partial charge in [0.2, 0.25) is 5.91 Å². The molecule has 0 spiro atoms. The molecule has 0 aliphatic rings. The Balaban J connectivity index is 2.10. The number of aromatic nitrogens is 3. The van der Waals surface area contributed by atoms with Gasteiger partial charge >= 0.3 is 6.18 Å². The van der Waals surface area contributed by atoms with Crippen LogP contribution in [0, 0.1) is 0 Å². The Morgan fingerprint density at radius 3 is 2.52 bits per heavy atom. The Bertz CT molecular complexity index is 966. The van der Waals surface area contributed by atoms with E-state index in [4.69, 9.17) is 5.73 Å². The van der Waals surface area contributed by atoms with Crippen LogP contribution in [-0.2, 0) is 6.18 Å². The van der Waals surface area contributed by atoms with Crippen LogP contribution in [-0.4, -0.2) is 26.7 Å². The second kappa shape index (κ2) is 5.89. The molecule has 0 aliphatic heterocycles. The molecule has 3 N–H and O–H groups in total. The molecule has 0 radical (unpaired) electrons. The van der Waals surface area contributed by atoms with Gasteiger partial charge in [0, 0.05) is 17.1 Å². The van der Waals surface area contributed by atoms with Crippen molar-refractivity contribution in [3.63, 3.8) is 0 Å². The minimum absolute atomic E-state index is 0.00178. The lowest BCUT2D eigenvalue weighted by Gasteiger charge is -2.11. The fourth-order valence-electron chi connectivity index (χ4n) is 2.24. The molecule has 7 nitrogen and oxygen atoms in total. The zero-order valence-corrected chi connectivity index (χ0v) is 12.4. The largest absolute Gasteiger partial charge is 0.435 e. The van der Waals surface area contributed by atoms with Crippen LogP contribution in [0.15, 0.2) is 42.6 Å². The van der Waals surface area contributed by atoms with Crippen LogP contribution in [0.3, 0.4) is 0 Å². The van der Waals surface area contributed by atoms with E-state index in [0.29, 0.717) is 4.79 Å². The number of nitrogens with zero attached hydrogens (tertiary/aromatic N) is 3. The zero-order chi connectivity index (χ0) is 18.2. The fraction of sp³-hybridized carbons (Fsp3) is 0.0667. The predicted octanol–water partition coefficient (Wildman–Crippen LogP) is 1.93. The quantitative estimate of drug-likeness (QED) is 0.754. The molecule has 0 saturated heterocycles. The van der Waals surface area contributed by atoms with Crippen LogP contribution in [0.5, 0.6) is 0 Å². The van der Waals surface area contributed by atoms with Crippen molar-refractivity contribution >= 4 is 22.7 Å². The number of alkyl halides is 3. The molecule has 0 unspecified atom stereocenters. The van der Waals surface area contributed by atoms with Gasteiger partial charge in [-0.25, -0.2) is 5.43 Å². The Kier molecular flexibility index (Phi) is 3.87. The van der Waals surface area contributed by atoms with Crippen LogP contribution in [0.4, 0.5) is 13.2 Å². The summed E-state index contributed by atoms with van der Waals surface area (Å²) < 4.78 is 40.2. The summed E-state index contributed by atoms with van der Waals surface area (Å²) in [7, 11) is 0. The lowest BCUT2D eigenvalue weighted by atomic mass is 10.1. The summed E-state index contributed by atoms with van der Waals surface area (Å²) in [6.07, 6.45) is -3.46. The molecule has 0 bridgehead atoms. The maximum absolute atomic E-state index is 13.4. The highest BCUT2D eigenvalue weighted by molar-refractivity contribution is 5.99. The molecule has 3 rings (SSSR count). The van der Waals surface area contributed by atoms with Crippen LogP contribution >= 0.6 is 0 Å². The number of carbonyl (C=O) groups excluding carboxylic acids is 2. The van der Waals surface area contributed by atoms with E-state index in [0.717, 1.165) is 18.2 Å². The molecule has 0 fully saturated rings. The van der Waals surface area contributed by atoms with E-state index >= 15 is 0 Å². The van der Waals surface area contributed by atoms with Crippen LogP contribution < -0.4 is 11.2 Å². The first-order valence-corrected chi connectivity index (χ1v) is 6.89. The topological polar surface area (TPSA) is 103 Å². The van der Waals surface area contributed by atoms with Gasteiger partial charge in [-0.2, -0.15) is 23.1 Å². The van der Waals surface area contributed by atoms with E-state index in [9.17, 15) is 22.8 Å². The van der Waals surface area contributed by atoms with Gasteiger partial charge in [0.15, 0.2) is 5.69 Å². The zero-order valence-electron chi connectivity index (χ0n) is 12.4. The number of nitrogens with one attached hydrogen (secondary N) is 1. The smallest absolute Gasteiger partial charge is 0.366 e.